The molecule has 13 heteroatoms. The number of rotatable bonds is 14. The Morgan fingerprint density at radius 3 is 2.41 bits per heavy atom. The summed E-state index contributed by atoms with van der Waals surface area (Å²) in [6, 6.07) is 21.2. The van der Waals surface area contributed by atoms with E-state index in [1.54, 1.807) is 65.4 Å². The van der Waals surface area contributed by atoms with Crippen molar-refractivity contribution in [3.63, 3.8) is 0 Å². The van der Waals surface area contributed by atoms with Crippen molar-refractivity contribution in [1.82, 2.24) is 4.90 Å². The highest BCUT2D eigenvalue weighted by Crippen LogP contribution is 2.60. The number of carbonyl (C=O) groups is 4. The third-order valence-electron chi connectivity index (χ3n) is 9.97. The normalized spacial score (nSPS) is 21.1. The van der Waals surface area contributed by atoms with Crippen LogP contribution in [0.1, 0.15) is 54.1 Å². The van der Waals surface area contributed by atoms with Crippen molar-refractivity contribution in [2.75, 3.05) is 42.8 Å². The summed E-state index contributed by atoms with van der Waals surface area (Å²) in [6.45, 7) is 5.94. The molecular weight excluding hydrogens is 669 g/mol. The molecule has 1 fully saturated rings. The zero-order valence-electron chi connectivity index (χ0n) is 29.6. The second-order valence-corrected chi connectivity index (χ2v) is 17.9. The van der Waals surface area contributed by atoms with Crippen LogP contribution in [0.5, 0.6) is 0 Å². The average Bonchev–Trinajstić information content (AvgIpc) is 3.52. The van der Waals surface area contributed by atoms with Crippen LogP contribution in [0.3, 0.4) is 0 Å². The maximum absolute atomic E-state index is 14.8. The van der Waals surface area contributed by atoms with Gasteiger partial charge in [0.2, 0.25) is 5.91 Å². The van der Waals surface area contributed by atoms with E-state index in [1.807, 2.05) is 37.3 Å². The summed E-state index contributed by atoms with van der Waals surface area (Å²) in [5.41, 5.74) is 7.16. The SMILES string of the molecule is COC(=O)CCCCN1C(=O)[C@@]2(O[C@@H](CC(=O)N(CCO)Cc3ccccc3)[C@H]([Si](C)(C)O)[C@H]2C)c2cc(NC(=O)c3ccc(N)cc3)ccc21. The predicted molar refractivity (Wildman–Crippen MR) is 196 cm³/mol. The minimum atomic E-state index is -3.09. The first kappa shape index (κ1) is 37.7. The second-order valence-electron chi connectivity index (χ2n) is 13.9. The molecule has 51 heavy (non-hydrogen) atoms. The predicted octanol–water partition coefficient (Wildman–Crippen LogP) is 4.42. The number of aliphatic hydroxyl groups is 1. The Bertz CT molecular complexity index is 1730. The van der Waals surface area contributed by atoms with E-state index in [4.69, 9.17) is 15.2 Å². The second kappa shape index (κ2) is 15.8. The first-order valence-electron chi connectivity index (χ1n) is 17.3. The molecule has 0 bridgehead atoms. The maximum atomic E-state index is 14.8. The lowest BCUT2D eigenvalue weighted by Crippen LogP contribution is -2.46. The van der Waals surface area contributed by atoms with Gasteiger partial charge in [-0.25, -0.2) is 0 Å². The van der Waals surface area contributed by atoms with E-state index < -0.39 is 31.5 Å². The van der Waals surface area contributed by atoms with Crippen LogP contribution < -0.4 is 16.0 Å². The Balaban J connectivity index is 1.50. The van der Waals surface area contributed by atoms with Gasteiger partial charge in [-0.3, -0.25) is 19.2 Å². The molecule has 3 amide bonds. The highest BCUT2D eigenvalue weighted by molar-refractivity contribution is 6.71. The molecule has 1 saturated heterocycles. The number of nitrogens with zero attached hydrogens (tertiary/aromatic N) is 2. The number of aliphatic hydroxyl groups excluding tert-OH is 1. The summed E-state index contributed by atoms with van der Waals surface area (Å²) in [4.78, 5) is 68.6. The molecule has 3 aromatic carbocycles. The first-order chi connectivity index (χ1) is 24.3. The Morgan fingerprint density at radius 1 is 1.06 bits per heavy atom. The summed E-state index contributed by atoms with van der Waals surface area (Å²) in [5, 5.41) is 12.8. The van der Waals surface area contributed by atoms with Crippen LogP contribution in [0.2, 0.25) is 18.6 Å². The number of ether oxygens (including phenoxy) is 2. The Hall–Kier alpha value is -4.56. The number of fused-ring (bicyclic) bond motifs is 2. The quantitative estimate of drug-likeness (QED) is 0.0816. The van der Waals surface area contributed by atoms with Crippen molar-refractivity contribution in [3.05, 3.63) is 89.5 Å². The Morgan fingerprint density at radius 2 is 1.76 bits per heavy atom. The van der Waals surface area contributed by atoms with Crippen molar-refractivity contribution in [3.8, 4) is 0 Å². The van der Waals surface area contributed by atoms with Crippen molar-refractivity contribution >= 4 is 49.1 Å². The number of hydrogen-bond donors (Lipinski definition) is 4. The molecule has 2 heterocycles. The molecule has 0 aromatic heterocycles. The first-order valence-corrected chi connectivity index (χ1v) is 20.4. The summed E-state index contributed by atoms with van der Waals surface area (Å²) in [7, 11) is -1.76. The summed E-state index contributed by atoms with van der Waals surface area (Å²) < 4.78 is 11.7. The number of amides is 3. The van der Waals surface area contributed by atoms with Crippen molar-refractivity contribution < 1.29 is 38.6 Å². The Labute approximate surface area is 299 Å². The van der Waals surface area contributed by atoms with Gasteiger partial charge in [0.15, 0.2) is 13.9 Å². The van der Waals surface area contributed by atoms with Gasteiger partial charge in [-0.2, -0.15) is 0 Å². The van der Waals surface area contributed by atoms with Gasteiger partial charge in [0.25, 0.3) is 11.8 Å². The molecule has 2 aliphatic rings. The molecule has 4 atom stereocenters. The number of nitrogens with two attached hydrogens (primary N) is 1. The largest absolute Gasteiger partial charge is 0.469 e. The number of nitrogens with one attached hydrogen (secondary N) is 1. The van der Waals surface area contributed by atoms with Gasteiger partial charge in [0, 0.05) is 60.0 Å². The lowest BCUT2D eigenvalue weighted by Gasteiger charge is -2.32. The van der Waals surface area contributed by atoms with Gasteiger partial charge < -0.3 is 40.2 Å². The Kier molecular flexibility index (Phi) is 11.7. The van der Waals surface area contributed by atoms with Crippen molar-refractivity contribution in [1.29, 1.82) is 0 Å². The number of nitrogen functional groups attached to an aromatic ring is 1. The topological polar surface area (TPSA) is 172 Å². The molecular formula is C38H48N4O8Si. The minimum Gasteiger partial charge on any atom is -0.469 e. The van der Waals surface area contributed by atoms with E-state index in [0.29, 0.717) is 47.6 Å². The molecule has 5 rings (SSSR count). The van der Waals surface area contributed by atoms with E-state index in [-0.39, 0.29) is 56.2 Å². The molecule has 1 spiro atoms. The van der Waals surface area contributed by atoms with Gasteiger partial charge in [-0.15, -0.1) is 0 Å². The summed E-state index contributed by atoms with van der Waals surface area (Å²) in [5.74, 6) is -1.82. The zero-order chi connectivity index (χ0) is 36.9. The van der Waals surface area contributed by atoms with Crippen LogP contribution in [0.25, 0.3) is 0 Å². The highest BCUT2D eigenvalue weighted by atomic mass is 28.4. The number of carbonyl (C=O) groups excluding carboxylic acids is 4. The molecule has 12 nitrogen and oxygen atoms in total. The summed E-state index contributed by atoms with van der Waals surface area (Å²) >= 11 is 0. The molecule has 0 aliphatic carbocycles. The smallest absolute Gasteiger partial charge is 0.305 e. The standard InChI is InChI=1S/C38H48N4O8Si/c1-25-35(51(3,4)48)32(23-33(44)41(20-21-43)24-26-10-6-5-7-11-26)50-38(25)30-22-29(40-36(46)27-13-15-28(39)16-14-27)17-18-31(30)42(37(38)47)19-9-8-12-34(45)49-2/h5-7,10-11,13-18,22,25,32,35,43,48H,8-9,12,19-21,23-24,39H2,1-4H3,(H,40,46)/t25-,32+,35-,38+/m1/s1. The van der Waals surface area contributed by atoms with Crippen LogP contribution in [0.15, 0.2) is 72.8 Å². The van der Waals surface area contributed by atoms with E-state index in [9.17, 15) is 29.1 Å². The monoisotopic (exact) mass is 716 g/mol. The van der Waals surface area contributed by atoms with Crippen LogP contribution in [-0.2, 0) is 36.0 Å². The van der Waals surface area contributed by atoms with Crippen LogP contribution in [0, 0.1) is 5.92 Å². The van der Waals surface area contributed by atoms with E-state index in [0.717, 1.165) is 5.56 Å². The zero-order valence-corrected chi connectivity index (χ0v) is 30.6. The molecule has 0 radical (unpaired) electrons. The van der Waals surface area contributed by atoms with Crippen molar-refractivity contribution in [2.24, 2.45) is 5.92 Å². The molecule has 3 aromatic rings. The number of methoxy groups -OCH3 is 1. The molecule has 2 aliphatic heterocycles. The van der Waals surface area contributed by atoms with Crippen molar-refractivity contribution in [2.45, 2.75) is 69.5 Å². The third kappa shape index (κ3) is 8.01. The number of anilines is 3. The van der Waals surface area contributed by atoms with Gasteiger partial charge >= 0.3 is 5.97 Å². The van der Waals surface area contributed by atoms with Gasteiger partial charge in [0.1, 0.15) is 0 Å². The number of esters is 1. The van der Waals surface area contributed by atoms with Crippen LogP contribution in [0.4, 0.5) is 17.1 Å². The fourth-order valence-corrected chi connectivity index (χ4v) is 10.1. The van der Waals surface area contributed by atoms with E-state index >= 15 is 0 Å². The number of hydrogen-bond acceptors (Lipinski definition) is 9. The van der Waals surface area contributed by atoms with Gasteiger partial charge in [0.05, 0.1) is 31.9 Å². The molecule has 5 N–H and O–H groups in total. The fourth-order valence-electron chi connectivity index (χ4n) is 7.57. The minimum absolute atomic E-state index is 0.101. The van der Waals surface area contributed by atoms with Crippen LogP contribution in [-0.4, -0.2) is 79.7 Å². The van der Waals surface area contributed by atoms with E-state index in [2.05, 4.69) is 5.32 Å². The van der Waals surface area contributed by atoms with Gasteiger partial charge in [-0.1, -0.05) is 37.3 Å². The fraction of sp³-hybridized carbons (Fsp3) is 0.421. The lowest BCUT2D eigenvalue weighted by atomic mass is 9.82. The summed E-state index contributed by atoms with van der Waals surface area (Å²) in [6.07, 6.45) is 0.324. The number of unbranched alkanes of at least 4 members (excludes halogenated alkanes) is 1. The highest BCUT2D eigenvalue weighted by Gasteiger charge is 2.66. The number of benzene rings is 3. The maximum Gasteiger partial charge on any atom is 0.305 e. The van der Waals surface area contributed by atoms with Gasteiger partial charge in [-0.05, 0) is 74.0 Å². The lowest BCUT2D eigenvalue weighted by molar-refractivity contribution is -0.149. The molecule has 0 saturated carbocycles. The average molecular weight is 717 g/mol. The molecule has 272 valence electrons. The van der Waals surface area contributed by atoms with Crippen LogP contribution >= 0.6 is 0 Å². The molecule has 0 unspecified atom stereocenters. The third-order valence-corrected chi connectivity index (χ3v) is 12.5. The van der Waals surface area contributed by atoms with E-state index in [1.165, 1.54) is 7.11 Å².